The highest BCUT2D eigenvalue weighted by molar-refractivity contribution is 7.93. The Morgan fingerprint density at radius 1 is 0.943 bits per heavy atom. The number of rotatable bonds is 7. The van der Waals surface area contributed by atoms with Gasteiger partial charge in [-0.15, -0.1) is 0 Å². The van der Waals surface area contributed by atoms with Gasteiger partial charge in [-0.05, 0) is 53.6 Å². The molecule has 8 nitrogen and oxygen atoms in total. The molecule has 9 heteroatoms. The van der Waals surface area contributed by atoms with E-state index < -0.39 is 15.9 Å². The van der Waals surface area contributed by atoms with Gasteiger partial charge in [-0.3, -0.25) is 9.78 Å². The van der Waals surface area contributed by atoms with Crippen LogP contribution in [0.2, 0.25) is 0 Å². The minimum absolute atomic E-state index is 0.0671. The summed E-state index contributed by atoms with van der Waals surface area (Å²) in [5.41, 5.74) is 1.57. The van der Waals surface area contributed by atoms with Crippen LogP contribution in [0.25, 0.3) is 12.2 Å². The second-order valence-corrected chi connectivity index (χ2v) is 9.16. The van der Waals surface area contributed by atoms with Crippen LogP contribution >= 0.6 is 0 Å². The normalized spacial score (nSPS) is 11.3. The maximum Gasteiger partial charge on any atom is 0.272 e. The molecule has 0 N–H and O–H groups in total. The summed E-state index contributed by atoms with van der Waals surface area (Å²) >= 11 is 0. The van der Waals surface area contributed by atoms with Crippen molar-refractivity contribution in [1.82, 2.24) is 4.98 Å². The number of sulfonamides is 1. The zero-order valence-electron chi connectivity index (χ0n) is 18.7. The van der Waals surface area contributed by atoms with Crippen LogP contribution in [-0.4, -0.2) is 26.4 Å². The fourth-order valence-corrected chi connectivity index (χ4v) is 4.79. The second-order valence-electron chi connectivity index (χ2n) is 7.37. The molecule has 35 heavy (non-hydrogen) atoms. The fraction of sp³-hybridized carbons (Fsp3) is 0.0385. The molecule has 2 aromatic heterocycles. The third-order valence-corrected chi connectivity index (χ3v) is 6.86. The molecule has 2 heterocycles. The number of benzene rings is 2. The first-order chi connectivity index (χ1) is 16.9. The quantitative estimate of drug-likeness (QED) is 0.289. The van der Waals surface area contributed by atoms with Crippen LogP contribution in [0.15, 0.2) is 102 Å². The lowest BCUT2D eigenvalue weighted by Crippen LogP contribution is -2.37. The monoisotopic (exact) mass is 487 g/mol. The largest absolute Gasteiger partial charge is 0.619 e. The van der Waals surface area contributed by atoms with Crippen molar-refractivity contribution >= 4 is 33.8 Å². The van der Waals surface area contributed by atoms with E-state index in [4.69, 9.17) is 4.74 Å². The van der Waals surface area contributed by atoms with Gasteiger partial charge in [0.15, 0.2) is 12.4 Å². The first-order valence-electron chi connectivity index (χ1n) is 10.5. The molecule has 2 aromatic carbocycles. The molecule has 4 aromatic rings. The molecule has 1 amide bonds. The van der Waals surface area contributed by atoms with Gasteiger partial charge in [-0.1, -0.05) is 30.4 Å². The van der Waals surface area contributed by atoms with Gasteiger partial charge < -0.3 is 9.94 Å². The Labute approximate surface area is 203 Å². The standard InChI is InChI=1S/C26H21N3O5S/c1-34-23-8-10-24(11-9-23)35(32,33)29(26(30)22-12-16-27-17-13-22)25-5-3-2-4-21(25)7-6-20-14-18-28(31)19-15-20/h2-19H,1H3. The number of hydrogen-bond donors (Lipinski definition) is 0. The maximum absolute atomic E-state index is 13.8. The summed E-state index contributed by atoms with van der Waals surface area (Å²) in [6, 6.07) is 18.7. The molecule has 0 spiro atoms. The fourth-order valence-electron chi connectivity index (χ4n) is 3.35. The molecule has 0 aliphatic carbocycles. The van der Waals surface area contributed by atoms with Crippen molar-refractivity contribution in [3.8, 4) is 5.75 Å². The van der Waals surface area contributed by atoms with Gasteiger partial charge in [0.05, 0.1) is 17.7 Å². The molecule has 0 bridgehead atoms. The average molecular weight is 488 g/mol. The van der Waals surface area contributed by atoms with Crippen molar-refractivity contribution < 1.29 is 22.7 Å². The van der Waals surface area contributed by atoms with Gasteiger partial charge >= 0.3 is 0 Å². The smallest absolute Gasteiger partial charge is 0.272 e. The van der Waals surface area contributed by atoms with E-state index >= 15 is 0 Å². The minimum atomic E-state index is -4.31. The topological polar surface area (TPSA) is 104 Å². The van der Waals surface area contributed by atoms with E-state index in [-0.39, 0.29) is 16.1 Å². The van der Waals surface area contributed by atoms with E-state index in [1.807, 2.05) is 0 Å². The molecule has 0 atom stereocenters. The Balaban J connectivity index is 1.84. The van der Waals surface area contributed by atoms with Crippen molar-refractivity contribution in [2.24, 2.45) is 0 Å². The minimum Gasteiger partial charge on any atom is -0.619 e. The second kappa shape index (κ2) is 10.2. The van der Waals surface area contributed by atoms with E-state index in [1.54, 1.807) is 48.6 Å². The van der Waals surface area contributed by atoms with Crippen molar-refractivity contribution in [2.45, 2.75) is 4.90 Å². The van der Waals surface area contributed by atoms with Crippen LogP contribution in [0.1, 0.15) is 21.5 Å². The predicted molar refractivity (Wildman–Crippen MR) is 132 cm³/mol. The number of carbonyl (C=O) groups excluding carboxylic acids is 1. The van der Waals surface area contributed by atoms with Gasteiger partial charge in [-0.2, -0.15) is 9.04 Å². The highest BCUT2D eigenvalue weighted by Crippen LogP contribution is 2.31. The van der Waals surface area contributed by atoms with Gasteiger partial charge in [-0.25, -0.2) is 8.42 Å². The summed E-state index contributed by atoms with van der Waals surface area (Å²) in [6.07, 6.45) is 8.99. The zero-order chi connectivity index (χ0) is 24.8. The highest BCUT2D eigenvalue weighted by atomic mass is 32.2. The Hall–Kier alpha value is -4.50. The number of carbonyl (C=O) groups is 1. The first-order valence-corrected chi connectivity index (χ1v) is 11.9. The Morgan fingerprint density at radius 3 is 2.26 bits per heavy atom. The van der Waals surface area contributed by atoms with Crippen LogP contribution in [0.5, 0.6) is 5.75 Å². The number of methoxy groups -OCH3 is 1. The third kappa shape index (κ3) is 5.20. The number of nitrogens with zero attached hydrogens (tertiary/aromatic N) is 3. The number of ether oxygens (including phenoxy) is 1. The Kier molecular flexibility index (Phi) is 6.88. The van der Waals surface area contributed by atoms with Gasteiger partial charge in [0.25, 0.3) is 15.9 Å². The number of amides is 1. The van der Waals surface area contributed by atoms with E-state index in [0.717, 1.165) is 9.87 Å². The summed E-state index contributed by atoms with van der Waals surface area (Å²) in [5.74, 6) is -0.238. The molecular weight excluding hydrogens is 466 g/mol. The van der Waals surface area contributed by atoms with Crippen LogP contribution in [0.3, 0.4) is 0 Å². The SMILES string of the molecule is COc1ccc(S(=O)(=O)N(C(=O)c2ccncc2)c2ccccc2C=Cc2cc[n+]([O-])cc2)cc1. The summed E-state index contributed by atoms with van der Waals surface area (Å²) in [6.45, 7) is 0. The van der Waals surface area contributed by atoms with Crippen molar-refractivity contribution in [1.29, 1.82) is 0 Å². The van der Waals surface area contributed by atoms with Crippen molar-refractivity contribution in [3.05, 3.63) is 119 Å². The summed E-state index contributed by atoms with van der Waals surface area (Å²) in [7, 11) is -2.83. The molecule has 4 rings (SSSR count). The molecule has 0 saturated heterocycles. The lowest BCUT2D eigenvalue weighted by Gasteiger charge is -2.24. The summed E-state index contributed by atoms with van der Waals surface area (Å²) in [5, 5.41) is 11.3. The number of anilines is 1. The molecule has 0 saturated carbocycles. The number of para-hydroxylation sites is 1. The molecule has 0 aliphatic rings. The van der Waals surface area contributed by atoms with Crippen LogP contribution in [0.4, 0.5) is 5.69 Å². The summed E-state index contributed by atoms with van der Waals surface area (Å²) < 4.78 is 34.2. The van der Waals surface area contributed by atoms with E-state index in [0.29, 0.717) is 16.0 Å². The lowest BCUT2D eigenvalue weighted by molar-refractivity contribution is -0.605. The molecule has 0 aliphatic heterocycles. The van der Waals surface area contributed by atoms with Gasteiger partial charge in [0.2, 0.25) is 0 Å². The molecule has 0 radical (unpaired) electrons. The molecular formula is C26H21N3O5S. The maximum atomic E-state index is 13.8. The van der Waals surface area contributed by atoms with Crippen LogP contribution in [0, 0.1) is 5.21 Å². The first kappa shape index (κ1) is 23.7. The van der Waals surface area contributed by atoms with Crippen LogP contribution < -0.4 is 13.8 Å². The number of pyridine rings is 2. The van der Waals surface area contributed by atoms with Crippen molar-refractivity contribution in [3.63, 3.8) is 0 Å². The van der Waals surface area contributed by atoms with Crippen molar-refractivity contribution in [2.75, 3.05) is 11.4 Å². The Bertz CT molecular complexity index is 1450. The van der Waals surface area contributed by atoms with E-state index in [1.165, 1.54) is 68.3 Å². The van der Waals surface area contributed by atoms with Gasteiger partial charge in [0, 0.05) is 30.1 Å². The highest BCUT2D eigenvalue weighted by Gasteiger charge is 2.33. The van der Waals surface area contributed by atoms with E-state index in [9.17, 15) is 18.4 Å². The zero-order valence-corrected chi connectivity index (χ0v) is 19.5. The molecule has 176 valence electrons. The predicted octanol–water partition coefficient (Wildman–Crippen LogP) is 3.93. The molecule has 0 unspecified atom stereocenters. The molecule has 0 fully saturated rings. The van der Waals surface area contributed by atoms with E-state index in [2.05, 4.69) is 4.98 Å². The Morgan fingerprint density at radius 2 is 1.60 bits per heavy atom. The van der Waals surface area contributed by atoms with Gasteiger partial charge in [0.1, 0.15) is 5.75 Å². The average Bonchev–Trinajstić information content (AvgIpc) is 2.89. The lowest BCUT2D eigenvalue weighted by atomic mass is 10.1. The number of hydrogen-bond acceptors (Lipinski definition) is 6. The third-order valence-electron chi connectivity index (χ3n) is 5.15. The van der Waals surface area contributed by atoms with Crippen LogP contribution in [-0.2, 0) is 10.0 Å². The number of aromatic nitrogens is 2. The summed E-state index contributed by atoms with van der Waals surface area (Å²) in [4.78, 5) is 17.4.